The lowest BCUT2D eigenvalue weighted by Crippen LogP contribution is -2.15. The van der Waals surface area contributed by atoms with Crippen molar-refractivity contribution in [1.29, 1.82) is 0 Å². The quantitative estimate of drug-likeness (QED) is 0.672. The van der Waals surface area contributed by atoms with Gasteiger partial charge in [-0.2, -0.15) is 4.98 Å². The molecule has 0 saturated carbocycles. The summed E-state index contributed by atoms with van der Waals surface area (Å²) in [5.74, 6) is 0.633. The molecular weight excluding hydrogens is 270 g/mol. The van der Waals surface area contributed by atoms with Crippen LogP contribution >= 0.6 is 0 Å². The second-order valence-corrected chi connectivity index (χ2v) is 4.59. The molecule has 0 spiro atoms. The van der Waals surface area contributed by atoms with Crippen LogP contribution in [0.25, 0.3) is 0 Å². The van der Waals surface area contributed by atoms with Gasteiger partial charge in [0.25, 0.3) is 0 Å². The van der Waals surface area contributed by atoms with Crippen molar-refractivity contribution in [3.05, 3.63) is 46.1 Å². The molecule has 0 unspecified atom stereocenters. The van der Waals surface area contributed by atoms with Gasteiger partial charge in [0.15, 0.2) is 0 Å². The minimum Gasteiger partial charge on any atom is -0.354 e. The molecule has 1 N–H and O–H groups in total. The third-order valence-corrected chi connectivity index (χ3v) is 2.99. The first-order valence-corrected chi connectivity index (χ1v) is 6.58. The van der Waals surface area contributed by atoms with Crippen LogP contribution in [0.4, 0.5) is 23.1 Å². The molecule has 0 aliphatic carbocycles. The van der Waals surface area contributed by atoms with Crippen LogP contribution in [-0.2, 0) is 0 Å². The largest absolute Gasteiger partial charge is 0.354 e. The molecule has 2 aromatic rings. The summed E-state index contributed by atoms with van der Waals surface area (Å²) in [7, 11) is 1.75. The molecule has 1 aromatic carbocycles. The lowest BCUT2D eigenvalue weighted by Gasteiger charge is -2.19. The molecule has 0 radical (unpaired) electrons. The van der Waals surface area contributed by atoms with Gasteiger partial charge in [-0.25, -0.2) is 4.98 Å². The van der Waals surface area contributed by atoms with Gasteiger partial charge in [0.2, 0.25) is 11.8 Å². The minimum absolute atomic E-state index is 0.124. The van der Waals surface area contributed by atoms with E-state index >= 15 is 0 Å². The van der Waals surface area contributed by atoms with E-state index < -0.39 is 4.92 Å². The highest BCUT2D eigenvalue weighted by Gasteiger charge is 2.21. The molecule has 0 aliphatic rings. The molecule has 7 heteroatoms. The van der Waals surface area contributed by atoms with Gasteiger partial charge in [-0.3, -0.25) is 10.1 Å². The van der Waals surface area contributed by atoms with E-state index in [9.17, 15) is 10.1 Å². The standard InChI is InChI=1S/C14H17N5O2/c1-4-15-14-16-9-12(19(20)21)13(17-14)18(3)11-7-5-6-10(2)8-11/h5-9H,4H2,1-3H3,(H,15,16,17). The monoisotopic (exact) mass is 287 g/mol. The number of aromatic nitrogens is 2. The van der Waals surface area contributed by atoms with Crippen molar-refractivity contribution >= 4 is 23.1 Å². The van der Waals surface area contributed by atoms with E-state index in [0.717, 1.165) is 11.3 Å². The summed E-state index contributed by atoms with van der Waals surface area (Å²) < 4.78 is 0. The van der Waals surface area contributed by atoms with Crippen LogP contribution in [-0.4, -0.2) is 28.5 Å². The number of aryl methyl sites for hydroxylation is 1. The zero-order valence-electron chi connectivity index (χ0n) is 12.2. The summed E-state index contributed by atoms with van der Waals surface area (Å²) in [6.07, 6.45) is 1.23. The van der Waals surface area contributed by atoms with Crippen LogP contribution in [0.1, 0.15) is 12.5 Å². The molecule has 1 heterocycles. The van der Waals surface area contributed by atoms with E-state index in [-0.39, 0.29) is 11.5 Å². The van der Waals surface area contributed by atoms with Gasteiger partial charge in [0.1, 0.15) is 6.20 Å². The smallest absolute Gasteiger partial charge is 0.330 e. The number of hydrogen-bond donors (Lipinski definition) is 1. The zero-order chi connectivity index (χ0) is 15.4. The Kier molecular flexibility index (Phi) is 4.32. The molecule has 0 bridgehead atoms. The molecule has 2 rings (SSSR count). The summed E-state index contributed by atoms with van der Waals surface area (Å²) in [6, 6.07) is 7.69. The number of nitro groups is 1. The van der Waals surface area contributed by atoms with E-state index in [1.807, 2.05) is 38.1 Å². The van der Waals surface area contributed by atoms with Gasteiger partial charge in [0.05, 0.1) is 4.92 Å². The van der Waals surface area contributed by atoms with Crippen LogP contribution in [0.2, 0.25) is 0 Å². The summed E-state index contributed by atoms with van der Waals surface area (Å²) in [5, 5.41) is 14.1. The maximum atomic E-state index is 11.2. The molecule has 0 saturated heterocycles. The SMILES string of the molecule is CCNc1ncc([N+](=O)[O-])c(N(C)c2cccc(C)c2)n1. The first-order chi connectivity index (χ1) is 10.0. The van der Waals surface area contributed by atoms with Gasteiger partial charge in [-0.15, -0.1) is 0 Å². The first kappa shape index (κ1) is 14.7. The highest BCUT2D eigenvalue weighted by atomic mass is 16.6. The Bertz CT molecular complexity index is 660. The molecule has 21 heavy (non-hydrogen) atoms. The fraction of sp³-hybridized carbons (Fsp3) is 0.286. The number of nitrogens with zero attached hydrogens (tertiary/aromatic N) is 4. The van der Waals surface area contributed by atoms with Gasteiger partial charge in [0, 0.05) is 19.3 Å². The Morgan fingerprint density at radius 2 is 2.19 bits per heavy atom. The van der Waals surface area contributed by atoms with Crippen molar-refractivity contribution in [1.82, 2.24) is 9.97 Å². The summed E-state index contributed by atoms with van der Waals surface area (Å²) in [6.45, 7) is 4.52. The molecule has 1 aromatic heterocycles. The normalized spacial score (nSPS) is 10.2. The molecule has 0 atom stereocenters. The number of anilines is 3. The number of rotatable bonds is 5. The molecule has 0 fully saturated rings. The van der Waals surface area contributed by atoms with Crippen LogP contribution in [0.15, 0.2) is 30.5 Å². The Hall–Kier alpha value is -2.70. The van der Waals surface area contributed by atoms with E-state index in [2.05, 4.69) is 15.3 Å². The molecule has 7 nitrogen and oxygen atoms in total. The van der Waals surface area contributed by atoms with Gasteiger partial charge < -0.3 is 10.2 Å². The van der Waals surface area contributed by atoms with Crippen LogP contribution < -0.4 is 10.2 Å². The van der Waals surface area contributed by atoms with E-state index in [1.165, 1.54) is 6.20 Å². The molecular formula is C14H17N5O2. The van der Waals surface area contributed by atoms with Crippen molar-refractivity contribution in [2.24, 2.45) is 0 Å². The highest BCUT2D eigenvalue weighted by molar-refractivity contribution is 5.68. The molecule has 110 valence electrons. The maximum Gasteiger partial charge on any atom is 0.330 e. The predicted octanol–water partition coefficient (Wildman–Crippen LogP) is 2.89. The average molecular weight is 287 g/mol. The molecule has 0 aliphatic heterocycles. The van der Waals surface area contributed by atoms with Crippen molar-refractivity contribution in [2.75, 3.05) is 23.8 Å². The summed E-state index contributed by atoms with van der Waals surface area (Å²) in [5.41, 5.74) is 1.78. The minimum atomic E-state index is -0.475. The number of nitrogens with one attached hydrogen (secondary N) is 1. The van der Waals surface area contributed by atoms with Crippen LogP contribution in [0, 0.1) is 17.0 Å². The number of hydrogen-bond acceptors (Lipinski definition) is 6. The lowest BCUT2D eigenvalue weighted by molar-refractivity contribution is -0.384. The van der Waals surface area contributed by atoms with Crippen molar-refractivity contribution < 1.29 is 4.92 Å². The third kappa shape index (κ3) is 3.25. The van der Waals surface area contributed by atoms with Crippen molar-refractivity contribution in [3.63, 3.8) is 0 Å². The number of benzene rings is 1. The van der Waals surface area contributed by atoms with Gasteiger partial charge in [-0.1, -0.05) is 12.1 Å². The van der Waals surface area contributed by atoms with Gasteiger partial charge >= 0.3 is 5.69 Å². The second-order valence-electron chi connectivity index (χ2n) is 4.59. The Morgan fingerprint density at radius 1 is 1.43 bits per heavy atom. The van der Waals surface area contributed by atoms with E-state index in [0.29, 0.717) is 12.5 Å². The maximum absolute atomic E-state index is 11.2. The zero-order valence-corrected chi connectivity index (χ0v) is 12.2. The Morgan fingerprint density at radius 3 is 2.81 bits per heavy atom. The predicted molar refractivity (Wildman–Crippen MR) is 82.1 cm³/mol. The Labute approximate surface area is 122 Å². The highest BCUT2D eigenvalue weighted by Crippen LogP contribution is 2.30. The van der Waals surface area contributed by atoms with E-state index in [1.54, 1.807) is 11.9 Å². The second kappa shape index (κ2) is 6.17. The van der Waals surface area contributed by atoms with Crippen molar-refractivity contribution in [3.8, 4) is 0 Å². The topological polar surface area (TPSA) is 84.2 Å². The third-order valence-electron chi connectivity index (χ3n) is 2.99. The fourth-order valence-electron chi connectivity index (χ4n) is 1.94. The molecule has 0 amide bonds. The Balaban J connectivity index is 2.48. The lowest BCUT2D eigenvalue weighted by atomic mass is 10.2. The summed E-state index contributed by atoms with van der Waals surface area (Å²) >= 11 is 0. The van der Waals surface area contributed by atoms with Crippen LogP contribution in [0.5, 0.6) is 0 Å². The average Bonchev–Trinajstić information content (AvgIpc) is 2.46. The fourth-order valence-corrected chi connectivity index (χ4v) is 1.94. The van der Waals surface area contributed by atoms with Crippen molar-refractivity contribution in [2.45, 2.75) is 13.8 Å². The summed E-state index contributed by atoms with van der Waals surface area (Å²) in [4.78, 5) is 20.6. The first-order valence-electron chi connectivity index (χ1n) is 6.58. The van der Waals surface area contributed by atoms with Crippen LogP contribution in [0.3, 0.4) is 0 Å². The van der Waals surface area contributed by atoms with Gasteiger partial charge in [-0.05, 0) is 31.5 Å². The van der Waals surface area contributed by atoms with E-state index in [4.69, 9.17) is 0 Å².